The van der Waals surface area contributed by atoms with Crippen molar-refractivity contribution in [3.63, 3.8) is 0 Å². The average molecular weight is 331 g/mol. The van der Waals surface area contributed by atoms with Crippen LogP contribution in [0, 0.1) is 0 Å². The third kappa shape index (κ3) is 4.16. The van der Waals surface area contributed by atoms with Crippen LogP contribution in [0.15, 0.2) is 35.1 Å². The van der Waals surface area contributed by atoms with E-state index in [2.05, 4.69) is 10.3 Å². The quantitative estimate of drug-likeness (QED) is 0.890. The zero-order valence-electron chi connectivity index (χ0n) is 10.6. The molecule has 0 radical (unpaired) electrons. The zero-order chi connectivity index (χ0) is 14.5. The summed E-state index contributed by atoms with van der Waals surface area (Å²) < 4.78 is 5.21. The van der Waals surface area contributed by atoms with E-state index in [4.69, 9.17) is 27.6 Å². The maximum atomic E-state index is 12.0. The van der Waals surface area contributed by atoms with Gasteiger partial charge in [-0.15, -0.1) is 11.8 Å². The highest BCUT2D eigenvalue weighted by Crippen LogP contribution is 2.24. The second-order valence-corrected chi connectivity index (χ2v) is 6.18. The molecule has 0 aromatic carbocycles. The van der Waals surface area contributed by atoms with Crippen LogP contribution in [0.3, 0.4) is 0 Å². The van der Waals surface area contributed by atoms with Gasteiger partial charge in [0.1, 0.15) is 5.76 Å². The molecule has 0 aliphatic rings. The van der Waals surface area contributed by atoms with Crippen molar-refractivity contribution in [1.82, 2.24) is 4.98 Å². The second kappa shape index (κ2) is 7.02. The fourth-order valence-electron chi connectivity index (χ4n) is 1.40. The maximum absolute atomic E-state index is 12.0. The number of hydrogen-bond acceptors (Lipinski definition) is 4. The molecule has 1 atom stereocenters. The van der Waals surface area contributed by atoms with E-state index in [1.807, 2.05) is 19.1 Å². The number of hydrogen-bond donors (Lipinski definition) is 1. The number of amides is 1. The minimum absolute atomic E-state index is 0.168. The number of anilines is 1. The van der Waals surface area contributed by atoms with Crippen LogP contribution < -0.4 is 5.32 Å². The lowest BCUT2D eigenvalue weighted by Gasteiger charge is -2.11. The summed E-state index contributed by atoms with van der Waals surface area (Å²) in [4.78, 5) is 16.0. The summed E-state index contributed by atoms with van der Waals surface area (Å²) in [5.41, 5.74) is 0. The Morgan fingerprint density at radius 3 is 3.00 bits per heavy atom. The van der Waals surface area contributed by atoms with Gasteiger partial charge in [0.15, 0.2) is 5.82 Å². The standard InChI is InChI=1S/C13H12Cl2N2O2S/c1-8(20-7-10-3-2-4-19-10)13(18)17-12-11(15)5-9(14)6-16-12/h2-6,8H,7H2,1H3,(H,16,17,18). The highest BCUT2D eigenvalue weighted by Gasteiger charge is 2.16. The van der Waals surface area contributed by atoms with Gasteiger partial charge in [0.05, 0.1) is 27.3 Å². The van der Waals surface area contributed by atoms with E-state index in [9.17, 15) is 4.79 Å². The van der Waals surface area contributed by atoms with E-state index in [0.29, 0.717) is 21.6 Å². The Balaban J connectivity index is 1.90. The van der Waals surface area contributed by atoms with Gasteiger partial charge in [-0.25, -0.2) is 4.98 Å². The van der Waals surface area contributed by atoms with Crippen molar-refractivity contribution in [2.75, 3.05) is 5.32 Å². The van der Waals surface area contributed by atoms with Gasteiger partial charge < -0.3 is 9.73 Å². The molecular formula is C13H12Cl2N2O2S. The molecule has 0 bridgehead atoms. The summed E-state index contributed by atoms with van der Waals surface area (Å²) in [6.45, 7) is 1.81. The first kappa shape index (κ1) is 15.2. The zero-order valence-corrected chi connectivity index (χ0v) is 12.9. The van der Waals surface area contributed by atoms with E-state index < -0.39 is 0 Å². The Bertz CT molecular complexity index is 590. The SMILES string of the molecule is CC(SCc1ccco1)C(=O)Nc1ncc(Cl)cc1Cl. The molecule has 7 heteroatoms. The van der Waals surface area contributed by atoms with Crippen LogP contribution in [0.2, 0.25) is 10.0 Å². The van der Waals surface area contributed by atoms with E-state index in [1.54, 1.807) is 6.26 Å². The predicted octanol–water partition coefficient (Wildman–Crippen LogP) is 4.24. The van der Waals surface area contributed by atoms with Gasteiger partial charge in [0.25, 0.3) is 0 Å². The third-order valence-electron chi connectivity index (χ3n) is 2.47. The molecule has 106 valence electrons. The molecule has 0 aliphatic heterocycles. The van der Waals surface area contributed by atoms with Crippen molar-refractivity contribution in [3.8, 4) is 0 Å². The number of carbonyl (C=O) groups is 1. The van der Waals surface area contributed by atoms with Gasteiger partial charge in [-0.3, -0.25) is 4.79 Å². The van der Waals surface area contributed by atoms with Crippen LogP contribution >= 0.6 is 35.0 Å². The molecule has 2 heterocycles. The van der Waals surface area contributed by atoms with Crippen molar-refractivity contribution < 1.29 is 9.21 Å². The Kier molecular flexibility index (Phi) is 5.34. The van der Waals surface area contributed by atoms with Crippen molar-refractivity contribution in [3.05, 3.63) is 46.5 Å². The first-order chi connectivity index (χ1) is 9.56. The minimum atomic E-state index is -0.256. The summed E-state index contributed by atoms with van der Waals surface area (Å²) in [6.07, 6.45) is 3.04. The third-order valence-corrected chi connectivity index (χ3v) is 4.13. The topological polar surface area (TPSA) is 55.1 Å². The molecule has 4 nitrogen and oxygen atoms in total. The van der Waals surface area contributed by atoms with Crippen LogP contribution in [0.5, 0.6) is 0 Å². The normalized spacial score (nSPS) is 12.2. The second-order valence-electron chi connectivity index (χ2n) is 4.01. The number of thioether (sulfide) groups is 1. The molecule has 2 rings (SSSR count). The number of carbonyl (C=O) groups excluding carboxylic acids is 1. The smallest absolute Gasteiger partial charge is 0.238 e. The van der Waals surface area contributed by atoms with Crippen LogP contribution in [0.25, 0.3) is 0 Å². The number of halogens is 2. The van der Waals surface area contributed by atoms with Crippen LogP contribution in [0.1, 0.15) is 12.7 Å². The van der Waals surface area contributed by atoms with Crippen LogP contribution in [-0.4, -0.2) is 16.1 Å². The molecule has 20 heavy (non-hydrogen) atoms. The van der Waals surface area contributed by atoms with E-state index >= 15 is 0 Å². The van der Waals surface area contributed by atoms with Crippen molar-refractivity contribution >= 4 is 46.7 Å². The molecule has 0 aliphatic carbocycles. The van der Waals surface area contributed by atoms with Crippen LogP contribution in [0.4, 0.5) is 5.82 Å². The summed E-state index contributed by atoms with van der Waals surface area (Å²) in [6, 6.07) is 5.22. The van der Waals surface area contributed by atoms with Crippen molar-refractivity contribution in [2.45, 2.75) is 17.9 Å². The van der Waals surface area contributed by atoms with Crippen molar-refractivity contribution in [2.24, 2.45) is 0 Å². The maximum Gasteiger partial charge on any atom is 0.238 e. The van der Waals surface area contributed by atoms with E-state index in [1.165, 1.54) is 24.0 Å². The number of pyridine rings is 1. The molecule has 0 fully saturated rings. The van der Waals surface area contributed by atoms with Gasteiger partial charge in [0.2, 0.25) is 5.91 Å². The molecule has 0 spiro atoms. The molecule has 0 saturated carbocycles. The minimum Gasteiger partial charge on any atom is -0.468 e. The fraction of sp³-hybridized carbons (Fsp3) is 0.231. The summed E-state index contributed by atoms with van der Waals surface area (Å²) in [5, 5.41) is 3.16. The number of nitrogens with one attached hydrogen (secondary N) is 1. The fourth-order valence-corrected chi connectivity index (χ4v) is 2.62. The molecule has 1 unspecified atom stereocenters. The Labute approximate surface area is 130 Å². The molecule has 0 saturated heterocycles. The van der Waals surface area contributed by atoms with Gasteiger partial charge >= 0.3 is 0 Å². The lowest BCUT2D eigenvalue weighted by Crippen LogP contribution is -2.23. The Morgan fingerprint density at radius 1 is 1.55 bits per heavy atom. The lowest BCUT2D eigenvalue weighted by molar-refractivity contribution is -0.115. The van der Waals surface area contributed by atoms with Crippen LogP contribution in [-0.2, 0) is 10.5 Å². The summed E-state index contributed by atoms with van der Waals surface area (Å²) in [5.74, 6) is 1.60. The first-order valence-corrected chi connectivity index (χ1v) is 7.62. The molecule has 2 aromatic heterocycles. The number of nitrogens with zero attached hydrogens (tertiary/aromatic N) is 1. The first-order valence-electron chi connectivity index (χ1n) is 5.82. The molecule has 2 aromatic rings. The largest absolute Gasteiger partial charge is 0.468 e. The predicted molar refractivity (Wildman–Crippen MR) is 82.4 cm³/mol. The summed E-state index contributed by atoms with van der Waals surface area (Å²) >= 11 is 13.2. The molecular weight excluding hydrogens is 319 g/mol. The van der Waals surface area contributed by atoms with E-state index in [-0.39, 0.29) is 11.2 Å². The van der Waals surface area contributed by atoms with Gasteiger partial charge in [-0.2, -0.15) is 0 Å². The number of furan rings is 1. The molecule has 1 N–H and O–H groups in total. The average Bonchev–Trinajstić information content (AvgIpc) is 2.92. The highest BCUT2D eigenvalue weighted by molar-refractivity contribution is 7.99. The monoisotopic (exact) mass is 330 g/mol. The Morgan fingerprint density at radius 2 is 2.35 bits per heavy atom. The summed E-state index contributed by atoms with van der Waals surface area (Å²) in [7, 11) is 0. The van der Waals surface area contributed by atoms with E-state index in [0.717, 1.165) is 5.76 Å². The highest BCUT2D eigenvalue weighted by atomic mass is 35.5. The number of rotatable bonds is 5. The van der Waals surface area contributed by atoms with Gasteiger partial charge in [0, 0.05) is 6.20 Å². The molecule has 1 amide bonds. The Hall–Kier alpha value is -1.17. The number of aromatic nitrogens is 1. The lowest BCUT2D eigenvalue weighted by atomic mass is 10.4. The van der Waals surface area contributed by atoms with Gasteiger partial charge in [-0.1, -0.05) is 23.2 Å². The van der Waals surface area contributed by atoms with Crippen molar-refractivity contribution in [1.29, 1.82) is 0 Å². The van der Waals surface area contributed by atoms with Gasteiger partial charge in [-0.05, 0) is 25.1 Å².